The second kappa shape index (κ2) is 10.6. The molecule has 2 heterocycles. The number of amides is 1. The summed E-state index contributed by atoms with van der Waals surface area (Å²) in [4.78, 5) is 34.8. The zero-order valence-electron chi connectivity index (χ0n) is 18.6. The molecule has 1 saturated heterocycles. The molecule has 2 aromatic carbocycles. The van der Waals surface area contributed by atoms with Crippen molar-refractivity contribution in [2.24, 2.45) is 0 Å². The molecule has 0 saturated carbocycles. The zero-order chi connectivity index (χ0) is 24.1. The Balaban J connectivity index is 1.64. The molecule has 1 aliphatic rings. The Morgan fingerprint density at radius 3 is 2.82 bits per heavy atom. The molecule has 10 heteroatoms. The number of rotatable bonds is 9. The highest BCUT2D eigenvalue weighted by atomic mass is 19.3. The van der Waals surface area contributed by atoms with Crippen LogP contribution in [-0.4, -0.2) is 53.2 Å². The average Bonchev–Trinajstić information content (AvgIpc) is 3.32. The van der Waals surface area contributed by atoms with Crippen LogP contribution in [0.25, 0.3) is 10.9 Å². The Kier molecular flexibility index (Phi) is 7.36. The highest BCUT2D eigenvalue weighted by molar-refractivity contribution is 5.95. The van der Waals surface area contributed by atoms with Crippen LogP contribution in [0.15, 0.2) is 47.3 Å². The van der Waals surface area contributed by atoms with E-state index in [9.17, 15) is 18.4 Å². The first-order valence-electron chi connectivity index (χ1n) is 11.0. The minimum Gasteiger partial charge on any atom is -0.490 e. The van der Waals surface area contributed by atoms with Crippen molar-refractivity contribution in [3.05, 3.63) is 64.2 Å². The predicted octanol–water partition coefficient (Wildman–Crippen LogP) is 3.74. The van der Waals surface area contributed by atoms with Crippen LogP contribution in [0.4, 0.5) is 8.78 Å². The molecular weight excluding hydrogens is 448 g/mol. The van der Waals surface area contributed by atoms with Gasteiger partial charge in [-0.25, -0.2) is 4.98 Å². The second-order valence-electron chi connectivity index (χ2n) is 7.82. The van der Waals surface area contributed by atoms with E-state index in [2.05, 4.69) is 14.7 Å². The SMILES string of the molecule is CCOc1cc(C(=O)N(Cc2nc3ccccc3c(=O)[nH]2)CC2CCCO2)ccc1OC(F)F. The minimum absolute atomic E-state index is 0.0397. The van der Waals surface area contributed by atoms with Gasteiger partial charge in [0.15, 0.2) is 11.5 Å². The molecule has 1 aromatic heterocycles. The molecule has 8 nitrogen and oxygen atoms in total. The first-order chi connectivity index (χ1) is 16.4. The van der Waals surface area contributed by atoms with Crippen LogP contribution in [0.2, 0.25) is 0 Å². The third-order valence-electron chi connectivity index (χ3n) is 5.44. The van der Waals surface area contributed by atoms with Gasteiger partial charge in [0.25, 0.3) is 11.5 Å². The molecule has 1 aliphatic heterocycles. The lowest BCUT2D eigenvalue weighted by atomic mass is 10.1. The van der Waals surface area contributed by atoms with E-state index in [0.29, 0.717) is 23.3 Å². The summed E-state index contributed by atoms with van der Waals surface area (Å²) in [5, 5.41) is 0.458. The van der Waals surface area contributed by atoms with Crippen molar-refractivity contribution in [3.8, 4) is 11.5 Å². The molecular formula is C24H25F2N3O5. The summed E-state index contributed by atoms with van der Waals surface area (Å²) < 4.78 is 41.1. The fourth-order valence-electron chi connectivity index (χ4n) is 3.93. The number of ether oxygens (including phenoxy) is 3. The van der Waals surface area contributed by atoms with Gasteiger partial charge in [0.1, 0.15) is 5.82 Å². The number of halogens is 2. The van der Waals surface area contributed by atoms with Crippen molar-refractivity contribution >= 4 is 16.8 Å². The summed E-state index contributed by atoms with van der Waals surface area (Å²) in [6.45, 7) is -0.170. The number of benzene rings is 2. The molecule has 0 spiro atoms. The van der Waals surface area contributed by atoms with E-state index < -0.39 is 6.61 Å². The number of carbonyl (C=O) groups excluding carboxylic acids is 1. The van der Waals surface area contributed by atoms with Crippen molar-refractivity contribution < 1.29 is 27.8 Å². The molecule has 1 N–H and O–H groups in total. The van der Waals surface area contributed by atoms with Crippen LogP contribution in [-0.2, 0) is 11.3 Å². The van der Waals surface area contributed by atoms with Gasteiger partial charge in [0.05, 0.1) is 30.2 Å². The smallest absolute Gasteiger partial charge is 0.387 e. The summed E-state index contributed by atoms with van der Waals surface area (Å²) in [6, 6.07) is 11.0. The van der Waals surface area contributed by atoms with Gasteiger partial charge in [-0.3, -0.25) is 9.59 Å². The summed E-state index contributed by atoms with van der Waals surface area (Å²) >= 11 is 0. The molecule has 34 heavy (non-hydrogen) atoms. The van der Waals surface area contributed by atoms with Crippen molar-refractivity contribution in [2.75, 3.05) is 19.8 Å². The number of carbonyl (C=O) groups is 1. The van der Waals surface area contributed by atoms with E-state index in [1.807, 2.05) is 0 Å². The van der Waals surface area contributed by atoms with E-state index in [4.69, 9.17) is 9.47 Å². The summed E-state index contributed by atoms with van der Waals surface area (Å²) in [6.07, 6.45) is 1.55. The monoisotopic (exact) mass is 473 g/mol. The topological polar surface area (TPSA) is 93.8 Å². The molecule has 1 fully saturated rings. The molecule has 1 unspecified atom stereocenters. The van der Waals surface area contributed by atoms with E-state index >= 15 is 0 Å². The number of nitrogens with zero attached hydrogens (tertiary/aromatic N) is 2. The quantitative estimate of drug-likeness (QED) is 0.509. The Morgan fingerprint density at radius 2 is 2.09 bits per heavy atom. The number of nitrogens with one attached hydrogen (secondary N) is 1. The third-order valence-corrected chi connectivity index (χ3v) is 5.44. The van der Waals surface area contributed by atoms with Crippen LogP contribution < -0.4 is 15.0 Å². The van der Waals surface area contributed by atoms with Crippen LogP contribution in [0.5, 0.6) is 11.5 Å². The van der Waals surface area contributed by atoms with E-state index in [0.717, 1.165) is 12.8 Å². The highest BCUT2D eigenvalue weighted by Gasteiger charge is 2.25. The highest BCUT2D eigenvalue weighted by Crippen LogP contribution is 2.30. The molecule has 0 bridgehead atoms. The zero-order valence-corrected chi connectivity index (χ0v) is 18.6. The number of fused-ring (bicyclic) bond motifs is 1. The number of aromatic amines is 1. The Bertz CT molecular complexity index is 1210. The number of H-pyrrole nitrogens is 1. The van der Waals surface area contributed by atoms with E-state index in [1.54, 1.807) is 31.2 Å². The lowest BCUT2D eigenvalue weighted by Gasteiger charge is -2.25. The fourth-order valence-corrected chi connectivity index (χ4v) is 3.93. The van der Waals surface area contributed by atoms with Gasteiger partial charge in [-0.1, -0.05) is 12.1 Å². The predicted molar refractivity (Wildman–Crippen MR) is 120 cm³/mol. The number of hydrogen-bond acceptors (Lipinski definition) is 6. The lowest BCUT2D eigenvalue weighted by molar-refractivity contribution is -0.0514. The van der Waals surface area contributed by atoms with Crippen LogP contribution in [0, 0.1) is 0 Å². The molecule has 1 atom stereocenters. The van der Waals surface area contributed by atoms with Gasteiger partial charge in [-0.15, -0.1) is 0 Å². The van der Waals surface area contributed by atoms with Gasteiger partial charge in [0, 0.05) is 18.7 Å². The maximum atomic E-state index is 13.5. The van der Waals surface area contributed by atoms with Gasteiger partial charge in [-0.2, -0.15) is 8.78 Å². The first kappa shape index (κ1) is 23.6. The van der Waals surface area contributed by atoms with E-state index in [-0.39, 0.29) is 54.3 Å². The largest absolute Gasteiger partial charge is 0.490 e. The van der Waals surface area contributed by atoms with Gasteiger partial charge in [0.2, 0.25) is 0 Å². The minimum atomic E-state index is -3.02. The number of para-hydroxylation sites is 1. The Morgan fingerprint density at radius 1 is 1.26 bits per heavy atom. The summed E-state index contributed by atoms with van der Waals surface area (Å²) in [5.41, 5.74) is 0.460. The molecule has 3 aromatic rings. The average molecular weight is 473 g/mol. The summed E-state index contributed by atoms with van der Waals surface area (Å²) in [7, 11) is 0. The van der Waals surface area contributed by atoms with Crippen LogP contribution in [0.3, 0.4) is 0 Å². The summed E-state index contributed by atoms with van der Waals surface area (Å²) in [5.74, 6) is -0.156. The Hall–Kier alpha value is -3.53. The Labute approximate surface area is 194 Å². The number of aromatic nitrogens is 2. The number of hydrogen-bond donors (Lipinski definition) is 1. The molecule has 4 rings (SSSR count). The van der Waals surface area contributed by atoms with Crippen molar-refractivity contribution in [2.45, 2.75) is 39.0 Å². The maximum absolute atomic E-state index is 13.5. The number of alkyl halides is 2. The van der Waals surface area contributed by atoms with Crippen LogP contribution >= 0.6 is 0 Å². The van der Waals surface area contributed by atoms with Crippen molar-refractivity contribution in [3.63, 3.8) is 0 Å². The standard InChI is InChI=1S/C24H25F2N3O5/c1-2-32-20-12-15(9-10-19(20)34-24(25)26)23(31)29(13-16-6-5-11-33-16)14-21-27-18-8-4-3-7-17(18)22(30)28-21/h3-4,7-10,12,16,24H,2,5-6,11,13-14H2,1H3,(H,27,28,30). The van der Waals surface area contributed by atoms with Gasteiger partial charge in [-0.05, 0) is 50.1 Å². The molecule has 0 radical (unpaired) electrons. The van der Waals surface area contributed by atoms with Crippen molar-refractivity contribution in [1.29, 1.82) is 0 Å². The fraction of sp³-hybridized carbons (Fsp3) is 0.375. The van der Waals surface area contributed by atoms with Crippen molar-refractivity contribution in [1.82, 2.24) is 14.9 Å². The van der Waals surface area contributed by atoms with E-state index in [1.165, 1.54) is 23.1 Å². The third kappa shape index (κ3) is 5.51. The molecule has 0 aliphatic carbocycles. The van der Waals surface area contributed by atoms with Crippen LogP contribution in [0.1, 0.15) is 35.9 Å². The first-order valence-corrected chi connectivity index (χ1v) is 11.0. The second-order valence-corrected chi connectivity index (χ2v) is 7.82. The molecule has 1 amide bonds. The lowest BCUT2D eigenvalue weighted by Crippen LogP contribution is -2.38. The molecule has 180 valence electrons. The van der Waals surface area contributed by atoms with Gasteiger partial charge < -0.3 is 24.1 Å². The maximum Gasteiger partial charge on any atom is 0.387 e. The normalized spacial score (nSPS) is 15.6. The van der Waals surface area contributed by atoms with Gasteiger partial charge >= 0.3 is 6.61 Å².